The van der Waals surface area contributed by atoms with Gasteiger partial charge >= 0.3 is 0 Å². The summed E-state index contributed by atoms with van der Waals surface area (Å²) in [6.45, 7) is 2.28. The van der Waals surface area contributed by atoms with E-state index in [1.54, 1.807) is 16.9 Å². The Balaban J connectivity index is 2.22. The second-order valence-electron chi connectivity index (χ2n) is 3.67. The van der Waals surface area contributed by atoms with E-state index in [4.69, 9.17) is 11.6 Å². The third kappa shape index (κ3) is 2.84. The Labute approximate surface area is 112 Å². The molecule has 6 heteroatoms. The summed E-state index contributed by atoms with van der Waals surface area (Å²) >= 11 is 9.10. The topological polar surface area (TPSA) is 30.7 Å². The van der Waals surface area contributed by atoms with Crippen molar-refractivity contribution in [1.29, 1.82) is 0 Å². The van der Waals surface area contributed by atoms with E-state index >= 15 is 0 Å². The molecular formula is C11H10BrClFN3. The van der Waals surface area contributed by atoms with Crippen molar-refractivity contribution in [3.8, 4) is 0 Å². The van der Waals surface area contributed by atoms with E-state index in [2.05, 4.69) is 26.2 Å². The van der Waals surface area contributed by atoms with E-state index < -0.39 is 0 Å². The van der Waals surface area contributed by atoms with E-state index in [1.165, 1.54) is 6.07 Å². The molecule has 1 atom stereocenters. The molecule has 0 saturated carbocycles. The van der Waals surface area contributed by atoms with Crippen LogP contribution in [0, 0.1) is 5.82 Å². The van der Waals surface area contributed by atoms with E-state index in [1.807, 2.05) is 13.0 Å². The van der Waals surface area contributed by atoms with E-state index in [0.717, 1.165) is 5.56 Å². The first-order valence-electron chi connectivity index (χ1n) is 5.05. The minimum Gasteiger partial charge on any atom is -0.248 e. The highest BCUT2D eigenvalue weighted by atomic mass is 79.9. The van der Waals surface area contributed by atoms with Crippen molar-refractivity contribution in [3.05, 3.63) is 45.9 Å². The Morgan fingerprint density at radius 3 is 2.94 bits per heavy atom. The summed E-state index contributed by atoms with van der Waals surface area (Å²) in [4.78, 5) is 0. The summed E-state index contributed by atoms with van der Waals surface area (Å²) in [5, 5.41) is 7.70. The summed E-state index contributed by atoms with van der Waals surface area (Å²) in [5.41, 5.74) is 1.52. The maximum absolute atomic E-state index is 13.3. The Bertz CT molecular complexity index is 527. The van der Waals surface area contributed by atoms with Gasteiger partial charge in [0.2, 0.25) is 0 Å². The van der Waals surface area contributed by atoms with Crippen LogP contribution in [0.2, 0.25) is 0 Å². The van der Waals surface area contributed by atoms with Crippen LogP contribution >= 0.6 is 27.5 Å². The van der Waals surface area contributed by atoms with Crippen molar-refractivity contribution in [3.63, 3.8) is 0 Å². The van der Waals surface area contributed by atoms with Gasteiger partial charge in [-0.3, -0.25) is 0 Å². The molecule has 0 aliphatic rings. The second-order valence-corrected chi connectivity index (χ2v) is 5.12. The molecule has 0 N–H and O–H groups in total. The van der Waals surface area contributed by atoms with Gasteiger partial charge in [0.15, 0.2) is 0 Å². The maximum Gasteiger partial charge on any atom is 0.137 e. The van der Waals surface area contributed by atoms with Crippen molar-refractivity contribution in [2.45, 2.75) is 18.8 Å². The second kappa shape index (κ2) is 5.14. The molecule has 0 bridgehead atoms. The number of benzene rings is 1. The van der Waals surface area contributed by atoms with E-state index in [-0.39, 0.29) is 11.2 Å². The SMILES string of the molecule is CC(Cl)c1cn(Cc2cccc(F)c2Br)nn1. The molecule has 0 aliphatic heterocycles. The average molecular weight is 319 g/mol. The zero-order valence-electron chi connectivity index (χ0n) is 9.07. The molecule has 2 rings (SSSR count). The van der Waals surface area contributed by atoms with Gasteiger partial charge < -0.3 is 0 Å². The van der Waals surface area contributed by atoms with Gasteiger partial charge in [0.1, 0.15) is 11.5 Å². The van der Waals surface area contributed by atoms with Crippen LogP contribution < -0.4 is 0 Å². The molecule has 1 aromatic carbocycles. The first-order chi connectivity index (χ1) is 8.08. The minimum atomic E-state index is -0.284. The highest BCUT2D eigenvalue weighted by Crippen LogP contribution is 2.22. The molecule has 0 radical (unpaired) electrons. The molecule has 1 aromatic heterocycles. The first kappa shape index (κ1) is 12.5. The fourth-order valence-electron chi connectivity index (χ4n) is 1.42. The molecular weight excluding hydrogens is 308 g/mol. The zero-order chi connectivity index (χ0) is 12.4. The lowest BCUT2D eigenvalue weighted by molar-refractivity contribution is 0.606. The summed E-state index contributed by atoms with van der Waals surface area (Å²) in [7, 11) is 0. The third-order valence-electron chi connectivity index (χ3n) is 2.33. The van der Waals surface area contributed by atoms with E-state index in [9.17, 15) is 4.39 Å². The molecule has 0 spiro atoms. The van der Waals surface area contributed by atoms with Crippen LogP contribution in [-0.4, -0.2) is 15.0 Å². The molecule has 0 fully saturated rings. The molecule has 0 amide bonds. The van der Waals surface area contributed by atoms with Crippen molar-refractivity contribution < 1.29 is 4.39 Å². The largest absolute Gasteiger partial charge is 0.248 e. The summed E-state index contributed by atoms with van der Waals surface area (Å²) in [6, 6.07) is 4.90. The number of halogens is 3. The van der Waals surface area contributed by atoms with Crippen molar-refractivity contribution in [2.24, 2.45) is 0 Å². The highest BCUT2D eigenvalue weighted by molar-refractivity contribution is 9.10. The Morgan fingerprint density at radius 1 is 1.53 bits per heavy atom. The van der Waals surface area contributed by atoms with Crippen molar-refractivity contribution in [1.82, 2.24) is 15.0 Å². The van der Waals surface area contributed by atoms with Gasteiger partial charge in [0.25, 0.3) is 0 Å². The number of aromatic nitrogens is 3. The van der Waals surface area contributed by atoms with Crippen LogP contribution in [-0.2, 0) is 6.54 Å². The third-order valence-corrected chi connectivity index (χ3v) is 3.44. The van der Waals surface area contributed by atoms with Crippen LogP contribution in [0.4, 0.5) is 4.39 Å². The van der Waals surface area contributed by atoms with Gasteiger partial charge in [-0.2, -0.15) is 0 Å². The standard InChI is InChI=1S/C11H10BrClFN3/c1-7(13)10-6-17(16-15-10)5-8-3-2-4-9(14)11(8)12/h2-4,6-7H,5H2,1H3. The van der Waals surface area contributed by atoms with Crippen LogP contribution in [0.3, 0.4) is 0 Å². The molecule has 17 heavy (non-hydrogen) atoms. The van der Waals surface area contributed by atoms with Gasteiger partial charge in [-0.05, 0) is 34.5 Å². The summed E-state index contributed by atoms with van der Waals surface area (Å²) in [5.74, 6) is -0.284. The van der Waals surface area contributed by atoms with Crippen LogP contribution in [0.25, 0.3) is 0 Å². The van der Waals surface area contributed by atoms with Crippen LogP contribution in [0.5, 0.6) is 0 Å². The van der Waals surface area contributed by atoms with Gasteiger partial charge in [0.05, 0.1) is 22.6 Å². The zero-order valence-corrected chi connectivity index (χ0v) is 11.4. The van der Waals surface area contributed by atoms with E-state index in [0.29, 0.717) is 16.7 Å². The highest BCUT2D eigenvalue weighted by Gasteiger charge is 2.09. The molecule has 1 heterocycles. The Kier molecular flexibility index (Phi) is 3.79. The molecule has 0 saturated heterocycles. The van der Waals surface area contributed by atoms with Gasteiger partial charge in [-0.1, -0.05) is 17.3 Å². The Morgan fingerprint density at radius 2 is 2.29 bits per heavy atom. The normalized spacial score (nSPS) is 12.7. The predicted molar refractivity (Wildman–Crippen MR) is 67.5 cm³/mol. The lowest BCUT2D eigenvalue weighted by Gasteiger charge is -2.04. The maximum atomic E-state index is 13.3. The quantitative estimate of drug-likeness (QED) is 0.811. The van der Waals surface area contributed by atoms with Gasteiger partial charge in [-0.25, -0.2) is 9.07 Å². The number of hydrogen-bond donors (Lipinski definition) is 0. The molecule has 3 nitrogen and oxygen atoms in total. The van der Waals surface area contributed by atoms with Gasteiger partial charge in [0, 0.05) is 0 Å². The smallest absolute Gasteiger partial charge is 0.137 e. The molecule has 90 valence electrons. The van der Waals surface area contributed by atoms with Crippen LogP contribution in [0.15, 0.2) is 28.9 Å². The molecule has 1 unspecified atom stereocenters. The first-order valence-corrected chi connectivity index (χ1v) is 6.28. The fraction of sp³-hybridized carbons (Fsp3) is 0.273. The number of nitrogens with zero attached hydrogens (tertiary/aromatic N) is 3. The molecule has 2 aromatic rings. The number of hydrogen-bond acceptors (Lipinski definition) is 2. The fourth-order valence-corrected chi connectivity index (χ4v) is 1.91. The predicted octanol–water partition coefficient (Wildman–Crippen LogP) is 3.53. The van der Waals surface area contributed by atoms with Crippen molar-refractivity contribution >= 4 is 27.5 Å². The van der Waals surface area contributed by atoms with Crippen molar-refractivity contribution in [2.75, 3.05) is 0 Å². The lowest BCUT2D eigenvalue weighted by atomic mass is 10.2. The monoisotopic (exact) mass is 317 g/mol. The Hall–Kier alpha value is -0.940. The van der Waals surface area contributed by atoms with Gasteiger partial charge in [-0.15, -0.1) is 16.7 Å². The number of alkyl halides is 1. The number of rotatable bonds is 3. The summed E-state index contributed by atoms with van der Waals surface area (Å²) < 4.78 is 15.4. The minimum absolute atomic E-state index is 0.181. The lowest BCUT2D eigenvalue weighted by Crippen LogP contribution is -2.02. The molecule has 0 aliphatic carbocycles. The summed E-state index contributed by atoms with van der Waals surface area (Å²) in [6.07, 6.45) is 1.76. The van der Waals surface area contributed by atoms with Crippen LogP contribution in [0.1, 0.15) is 23.6 Å². The average Bonchev–Trinajstić information content (AvgIpc) is 2.73.